The standard InChI is InChI=1S/C20H19N3O4/c1-26-14-6-7-16(17(9-14)27-2)23-11-21-19-15(10-18(25)22-20(19)23)12-4-3-5-13(24)8-12/h3-9,11,15,24H,10H2,1-2H3,(H,22,25)/t15-/m0/s1. The molecule has 27 heavy (non-hydrogen) atoms. The van der Waals surface area contributed by atoms with Crippen LogP contribution in [0.3, 0.4) is 0 Å². The summed E-state index contributed by atoms with van der Waals surface area (Å²) in [5.74, 6) is 1.70. The van der Waals surface area contributed by atoms with Gasteiger partial charge < -0.3 is 19.9 Å². The number of carbonyl (C=O) groups is 1. The van der Waals surface area contributed by atoms with Gasteiger partial charge in [-0.05, 0) is 29.8 Å². The first kappa shape index (κ1) is 17.0. The Hall–Kier alpha value is -3.48. The lowest BCUT2D eigenvalue weighted by Crippen LogP contribution is -2.25. The Labute approximate surface area is 156 Å². The number of nitrogens with zero attached hydrogens (tertiary/aromatic N) is 2. The van der Waals surface area contributed by atoms with Crippen molar-refractivity contribution in [2.75, 3.05) is 19.5 Å². The molecule has 1 aromatic heterocycles. The lowest BCUT2D eigenvalue weighted by molar-refractivity contribution is -0.116. The van der Waals surface area contributed by atoms with Gasteiger partial charge in [0.2, 0.25) is 5.91 Å². The number of benzene rings is 2. The third-order valence-electron chi connectivity index (χ3n) is 4.69. The highest BCUT2D eigenvalue weighted by Crippen LogP contribution is 2.39. The van der Waals surface area contributed by atoms with Crippen LogP contribution in [0.2, 0.25) is 0 Å². The molecule has 0 unspecified atom stereocenters. The van der Waals surface area contributed by atoms with Gasteiger partial charge in [0.05, 0.1) is 25.6 Å². The van der Waals surface area contributed by atoms with Gasteiger partial charge in [0, 0.05) is 18.4 Å². The molecule has 0 saturated heterocycles. The van der Waals surface area contributed by atoms with Crippen LogP contribution in [0.1, 0.15) is 23.6 Å². The summed E-state index contributed by atoms with van der Waals surface area (Å²) in [5, 5.41) is 12.7. The van der Waals surface area contributed by atoms with E-state index in [1.165, 1.54) is 0 Å². The summed E-state index contributed by atoms with van der Waals surface area (Å²) in [6, 6.07) is 12.4. The summed E-state index contributed by atoms with van der Waals surface area (Å²) in [7, 11) is 3.17. The number of methoxy groups -OCH3 is 2. The van der Waals surface area contributed by atoms with E-state index in [0.717, 1.165) is 16.9 Å². The van der Waals surface area contributed by atoms with Crippen molar-refractivity contribution in [2.45, 2.75) is 12.3 Å². The largest absolute Gasteiger partial charge is 0.508 e. The predicted octanol–water partition coefficient (Wildman–Crippen LogP) is 3.07. The number of fused-ring (bicyclic) bond motifs is 1. The molecule has 0 aliphatic carbocycles. The maximum atomic E-state index is 12.4. The molecule has 0 saturated carbocycles. The molecule has 138 valence electrons. The van der Waals surface area contributed by atoms with Crippen LogP contribution in [-0.2, 0) is 4.79 Å². The van der Waals surface area contributed by atoms with E-state index < -0.39 is 0 Å². The molecule has 0 spiro atoms. The second-order valence-corrected chi connectivity index (χ2v) is 6.29. The van der Waals surface area contributed by atoms with Gasteiger partial charge in [0.15, 0.2) is 0 Å². The molecule has 0 radical (unpaired) electrons. The van der Waals surface area contributed by atoms with Crippen molar-refractivity contribution in [3.05, 3.63) is 60.0 Å². The highest BCUT2D eigenvalue weighted by atomic mass is 16.5. The molecule has 1 aliphatic rings. The fourth-order valence-electron chi connectivity index (χ4n) is 3.39. The van der Waals surface area contributed by atoms with Crippen molar-refractivity contribution in [3.63, 3.8) is 0 Å². The minimum atomic E-state index is -0.230. The number of phenols is 1. The number of amides is 1. The summed E-state index contributed by atoms with van der Waals surface area (Å²) in [6.45, 7) is 0. The number of anilines is 1. The summed E-state index contributed by atoms with van der Waals surface area (Å²) in [6.07, 6.45) is 1.93. The van der Waals surface area contributed by atoms with Crippen LogP contribution >= 0.6 is 0 Å². The number of aromatic nitrogens is 2. The Balaban J connectivity index is 1.83. The van der Waals surface area contributed by atoms with E-state index in [2.05, 4.69) is 10.3 Å². The van der Waals surface area contributed by atoms with E-state index in [1.54, 1.807) is 49.4 Å². The molecule has 7 nitrogen and oxygen atoms in total. The SMILES string of the molecule is COc1ccc(-n2cnc3c2NC(=O)C[C@H]3c2cccc(O)c2)c(OC)c1. The number of hydrogen-bond acceptors (Lipinski definition) is 5. The van der Waals surface area contributed by atoms with Crippen molar-refractivity contribution in [3.8, 4) is 22.9 Å². The molecule has 2 aromatic carbocycles. The Kier molecular flexibility index (Phi) is 4.19. The van der Waals surface area contributed by atoms with Crippen molar-refractivity contribution in [1.29, 1.82) is 0 Å². The lowest BCUT2D eigenvalue weighted by atomic mass is 9.90. The van der Waals surface area contributed by atoms with E-state index in [1.807, 2.05) is 18.2 Å². The van der Waals surface area contributed by atoms with Gasteiger partial charge in [0.25, 0.3) is 0 Å². The quantitative estimate of drug-likeness (QED) is 0.742. The lowest BCUT2D eigenvalue weighted by Gasteiger charge is -2.24. The molecule has 1 atom stereocenters. The van der Waals surface area contributed by atoms with Crippen LogP contribution in [0.15, 0.2) is 48.8 Å². The van der Waals surface area contributed by atoms with E-state index in [0.29, 0.717) is 17.3 Å². The Bertz CT molecular complexity index is 1010. The predicted molar refractivity (Wildman–Crippen MR) is 99.9 cm³/mol. The van der Waals surface area contributed by atoms with Gasteiger partial charge in [-0.2, -0.15) is 0 Å². The zero-order chi connectivity index (χ0) is 19.0. The monoisotopic (exact) mass is 365 g/mol. The van der Waals surface area contributed by atoms with Crippen LogP contribution in [0, 0.1) is 0 Å². The third kappa shape index (κ3) is 2.97. The zero-order valence-corrected chi connectivity index (χ0v) is 15.0. The average Bonchev–Trinajstić information content (AvgIpc) is 3.10. The fourth-order valence-corrected chi connectivity index (χ4v) is 3.39. The van der Waals surface area contributed by atoms with Crippen LogP contribution in [0.4, 0.5) is 5.82 Å². The first-order valence-electron chi connectivity index (χ1n) is 8.49. The summed E-state index contributed by atoms with van der Waals surface area (Å²) >= 11 is 0. The molecular weight excluding hydrogens is 346 g/mol. The van der Waals surface area contributed by atoms with E-state index >= 15 is 0 Å². The van der Waals surface area contributed by atoms with Crippen LogP contribution < -0.4 is 14.8 Å². The second-order valence-electron chi connectivity index (χ2n) is 6.29. The smallest absolute Gasteiger partial charge is 0.226 e. The minimum absolute atomic E-state index is 0.106. The Morgan fingerprint density at radius 2 is 2.04 bits per heavy atom. The normalized spacial score (nSPS) is 15.8. The van der Waals surface area contributed by atoms with Gasteiger partial charge in [-0.15, -0.1) is 0 Å². The summed E-state index contributed by atoms with van der Waals surface area (Å²) in [4.78, 5) is 16.9. The molecule has 0 fully saturated rings. The van der Waals surface area contributed by atoms with E-state index in [-0.39, 0.29) is 24.0 Å². The number of ether oxygens (including phenoxy) is 2. The number of nitrogens with one attached hydrogen (secondary N) is 1. The van der Waals surface area contributed by atoms with Gasteiger partial charge in [-0.1, -0.05) is 12.1 Å². The number of carbonyl (C=O) groups excluding carboxylic acids is 1. The van der Waals surface area contributed by atoms with Crippen LogP contribution in [0.25, 0.3) is 5.69 Å². The van der Waals surface area contributed by atoms with Crippen molar-refractivity contribution >= 4 is 11.7 Å². The molecular formula is C20H19N3O4. The Morgan fingerprint density at radius 1 is 1.19 bits per heavy atom. The number of aromatic hydroxyl groups is 1. The minimum Gasteiger partial charge on any atom is -0.508 e. The molecule has 3 aromatic rings. The molecule has 0 bridgehead atoms. The molecule has 1 aliphatic heterocycles. The first-order valence-corrected chi connectivity index (χ1v) is 8.49. The van der Waals surface area contributed by atoms with Crippen LogP contribution in [0.5, 0.6) is 17.2 Å². The number of phenolic OH excluding ortho intramolecular Hbond substituents is 1. The summed E-state index contributed by atoms with van der Waals surface area (Å²) < 4.78 is 12.5. The molecule has 1 amide bonds. The molecule has 2 N–H and O–H groups in total. The number of hydrogen-bond donors (Lipinski definition) is 2. The third-order valence-corrected chi connectivity index (χ3v) is 4.69. The Morgan fingerprint density at radius 3 is 2.78 bits per heavy atom. The summed E-state index contributed by atoms with van der Waals surface area (Å²) in [5.41, 5.74) is 2.33. The van der Waals surface area contributed by atoms with Gasteiger partial charge in [-0.3, -0.25) is 9.36 Å². The molecule has 7 heteroatoms. The highest BCUT2D eigenvalue weighted by Gasteiger charge is 2.31. The molecule has 2 heterocycles. The fraction of sp³-hybridized carbons (Fsp3) is 0.200. The van der Waals surface area contributed by atoms with Gasteiger partial charge in [-0.25, -0.2) is 4.98 Å². The van der Waals surface area contributed by atoms with E-state index in [4.69, 9.17) is 9.47 Å². The number of rotatable bonds is 4. The topological polar surface area (TPSA) is 85.6 Å². The highest BCUT2D eigenvalue weighted by molar-refractivity contribution is 5.94. The van der Waals surface area contributed by atoms with Crippen molar-refractivity contribution in [2.24, 2.45) is 0 Å². The maximum Gasteiger partial charge on any atom is 0.226 e. The average molecular weight is 365 g/mol. The maximum absolute atomic E-state index is 12.4. The van der Waals surface area contributed by atoms with Crippen molar-refractivity contribution in [1.82, 2.24) is 9.55 Å². The van der Waals surface area contributed by atoms with E-state index in [9.17, 15) is 9.90 Å². The second kappa shape index (κ2) is 6.68. The first-order chi connectivity index (χ1) is 13.1. The van der Waals surface area contributed by atoms with Crippen LogP contribution in [-0.4, -0.2) is 34.8 Å². The molecule has 4 rings (SSSR count). The van der Waals surface area contributed by atoms with Gasteiger partial charge in [0.1, 0.15) is 29.4 Å². The van der Waals surface area contributed by atoms with Gasteiger partial charge >= 0.3 is 0 Å². The number of imidazole rings is 1. The zero-order valence-electron chi connectivity index (χ0n) is 15.0. The van der Waals surface area contributed by atoms with Crippen molar-refractivity contribution < 1.29 is 19.4 Å².